The van der Waals surface area contributed by atoms with Crippen LogP contribution >= 0.6 is 0 Å². The van der Waals surface area contributed by atoms with Crippen molar-refractivity contribution in [2.45, 2.75) is 0 Å². The van der Waals surface area contributed by atoms with E-state index < -0.39 is 5.91 Å². The summed E-state index contributed by atoms with van der Waals surface area (Å²) in [6.45, 7) is -0.185. The molecule has 7 heteroatoms. The molecule has 2 amide bonds. The van der Waals surface area contributed by atoms with Crippen LogP contribution in [0.2, 0.25) is 0 Å². The summed E-state index contributed by atoms with van der Waals surface area (Å²) in [6.07, 6.45) is 0. The summed E-state index contributed by atoms with van der Waals surface area (Å²) >= 11 is 0. The Labute approximate surface area is 123 Å². The number of hydrogen-bond donors (Lipinski definition) is 2. The number of carbonyl (C=O) groups excluding carboxylic acids is 2. The molecule has 0 aliphatic carbocycles. The molecule has 0 aliphatic rings. The first-order valence-electron chi connectivity index (χ1n) is 6.54. The number of para-hydroxylation sites is 1. The molecule has 0 bridgehead atoms. The molecule has 3 aromatic rings. The Morgan fingerprint density at radius 2 is 1.91 bits per heavy atom. The molecule has 0 saturated carbocycles. The summed E-state index contributed by atoms with van der Waals surface area (Å²) in [5.41, 5.74) is 0.109. The fraction of sp³-hybridized carbons (Fsp3) is 0.133. The Morgan fingerprint density at radius 3 is 2.68 bits per heavy atom. The van der Waals surface area contributed by atoms with E-state index in [1.165, 1.54) is 13.1 Å². The van der Waals surface area contributed by atoms with Crippen LogP contribution in [-0.4, -0.2) is 25.4 Å². The third kappa shape index (κ3) is 2.32. The van der Waals surface area contributed by atoms with Gasteiger partial charge in [-0.1, -0.05) is 12.1 Å². The maximum atomic E-state index is 12.3. The highest BCUT2D eigenvalue weighted by Crippen LogP contribution is 2.21. The summed E-state index contributed by atoms with van der Waals surface area (Å²) in [5.74, 6) is -1.05. The van der Waals surface area contributed by atoms with Crippen LogP contribution in [0.4, 0.5) is 0 Å². The van der Waals surface area contributed by atoms with E-state index in [4.69, 9.17) is 8.83 Å². The van der Waals surface area contributed by atoms with Gasteiger partial charge in [-0.2, -0.15) is 0 Å². The number of nitrogens with one attached hydrogen (secondary N) is 2. The average Bonchev–Trinajstić information content (AvgIpc) is 2.97. The number of furan rings is 1. The highest BCUT2D eigenvalue weighted by atomic mass is 16.5. The van der Waals surface area contributed by atoms with Crippen LogP contribution in [0.15, 0.2) is 44.0 Å². The molecule has 0 spiro atoms. The SMILES string of the molecule is CNC(=O)CNC(=O)c1cc2c(=O)c3ccccc3oc2o1. The van der Waals surface area contributed by atoms with E-state index in [2.05, 4.69) is 10.6 Å². The minimum absolute atomic E-state index is 0.0196. The van der Waals surface area contributed by atoms with Crippen molar-refractivity contribution in [1.29, 1.82) is 0 Å². The van der Waals surface area contributed by atoms with Crippen molar-refractivity contribution in [1.82, 2.24) is 10.6 Å². The van der Waals surface area contributed by atoms with Crippen LogP contribution in [0.25, 0.3) is 22.1 Å². The van der Waals surface area contributed by atoms with Gasteiger partial charge >= 0.3 is 5.78 Å². The molecule has 22 heavy (non-hydrogen) atoms. The zero-order valence-corrected chi connectivity index (χ0v) is 11.6. The lowest BCUT2D eigenvalue weighted by Crippen LogP contribution is -2.34. The Kier molecular flexibility index (Phi) is 3.38. The number of rotatable bonds is 3. The highest BCUT2D eigenvalue weighted by Gasteiger charge is 2.17. The fourth-order valence-electron chi connectivity index (χ4n) is 2.04. The Balaban J connectivity index is 2.01. The lowest BCUT2D eigenvalue weighted by atomic mass is 10.2. The van der Waals surface area contributed by atoms with Crippen molar-refractivity contribution >= 4 is 33.9 Å². The van der Waals surface area contributed by atoms with E-state index in [1.54, 1.807) is 24.3 Å². The largest absolute Gasteiger partial charge is 0.425 e. The van der Waals surface area contributed by atoms with E-state index in [1.807, 2.05) is 0 Å². The van der Waals surface area contributed by atoms with Gasteiger partial charge in [-0.05, 0) is 12.1 Å². The number of carbonyl (C=O) groups is 2. The minimum atomic E-state index is -0.599. The first-order chi connectivity index (χ1) is 10.6. The average molecular weight is 300 g/mol. The van der Waals surface area contributed by atoms with E-state index >= 15 is 0 Å². The van der Waals surface area contributed by atoms with Gasteiger partial charge in [0.2, 0.25) is 11.3 Å². The van der Waals surface area contributed by atoms with E-state index in [-0.39, 0.29) is 34.8 Å². The molecule has 2 N–H and O–H groups in total. The molecular weight excluding hydrogens is 288 g/mol. The van der Waals surface area contributed by atoms with Crippen molar-refractivity contribution in [2.75, 3.05) is 13.6 Å². The molecule has 2 aromatic heterocycles. The zero-order chi connectivity index (χ0) is 15.7. The number of fused-ring (bicyclic) bond motifs is 2. The molecular formula is C15H12N2O5. The van der Waals surface area contributed by atoms with Gasteiger partial charge in [-0.3, -0.25) is 14.4 Å². The van der Waals surface area contributed by atoms with Crippen LogP contribution in [0.1, 0.15) is 10.6 Å². The second-order valence-corrected chi connectivity index (χ2v) is 4.59. The van der Waals surface area contributed by atoms with Gasteiger partial charge < -0.3 is 19.5 Å². The first kappa shape index (κ1) is 13.9. The van der Waals surface area contributed by atoms with E-state index in [9.17, 15) is 14.4 Å². The lowest BCUT2D eigenvalue weighted by Gasteiger charge is -2.00. The molecule has 2 heterocycles. The van der Waals surface area contributed by atoms with Crippen molar-refractivity contribution in [3.8, 4) is 0 Å². The monoisotopic (exact) mass is 300 g/mol. The molecule has 7 nitrogen and oxygen atoms in total. The third-order valence-corrected chi connectivity index (χ3v) is 3.19. The Morgan fingerprint density at radius 1 is 1.14 bits per heavy atom. The van der Waals surface area contributed by atoms with Crippen LogP contribution in [-0.2, 0) is 4.79 Å². The fourth-order valence-corrected chi connectivity index (χ4v) is 2.04. The third-order valence-electron chi connectivity index (χ3n) is 3.19. The van der Waals surface area contributed by atoms with E-state index in [0.29, 0.717) is 11.0 Å². The normalized spacial score (nSPS) is 10.8. The van der Waals surface area contributed by atoms with Gasteiger partial charge in [0.25, 0.3) is 5.91 Å². The van der Waals surface area contributed by atoms with Crippen molar-refractivity contribution in [3.05, 3.63) is 46.3 Å². The van der Waals surface area contributed by atoms with Crippen molar-refractivity contribution in [3.63, 3.8) is 0 Å². The summed E-state index contributed by atoms with van der Waals surface area (Å²) in [6, 6.07) is 8.05. The van der Waals surface area contributed by atoms with Gasteiger partial charge in [0.1, 0.15) is 11.0 Å². The molecule has 0 aliphatic heterocycles. The predicted molar refractivity (Wildman–Crippen MR) is 78.7 cm³/mol. The molecule has 1 aromatic carbocycles. The Hall–Kier alpha value is -3.09. The smallest absolute Gasteiger partial charge is 0.302 e. The minimum Gasteiger partial charge on any atom is -0.425 e. The van der Waals surface area contributed by atoms with Gasteiger partial charge in [-0.15, -0.1) is 0 Å². The predicted octanol–water partition coefficient (Wildman–Crippen LogP) is 1.01. The number of likely N-dealkylation sites (N-methyl/N-ethyl adjacent to an activating group) is 1. The van der Waals surface area contributed by atoms with Crippen LogP contribution < -0.4 is 16.1 Å². The second kappa shape index (κ2) is 5.36. The Bertz CT molecular complexity index is 938. The topological polar surface area (TPSA) is 102 Å². The van der Waals surface area contributed by atoms with Gasteiger partial charge in [0.15, 0.2) is 5.76 Å². The van der Waals surface area contributed by atoms with Crippen molar-refractivity contribution < 1.29 is 18.4 Å². The zero-order valence-electron chi connectivity index (χ0n) is 11.6. The second-order valence-electron chi connectivity index (χ2n) is 4.59. The molecule has 0 radical (unpaired) electrons. The molecule has 0 saturated heterocycles. The maximum Gasteiger partial charge on any atom is 0.302 e. The quantitative estimate of drug-likeness (QED) is 0.752. The van der Waals surface area contributed by atoms with Gasteiger partial charge in [0, 0.05) is 13.1 Å². The van der Waals surface area contributed by atoms with Crippen LogP contribution in [0.3, 0.4) is 0 Å². The summed E-state index contributed by atoms with van der Waals surface area (Å²) in [7, 11) is 1.46. The van der Waals surface area contributed by atoms with E-state index in [0.717, 1.165) is 0 Å². The van der Waals surface area contributed by atoms with Crippen molar-refractivity contribution in [2.24, 2.45) is 0 Å². The molecule has 3 rings (SSSR count). The standard InChI is InChI=1S/C15H12N2O5/c1-16-12(18)7-17-14(20)11-6-9-13(19)8-4-2-3-5-10(8)21-15(9)22-11/h2-6H,7H2,1H3,(H,16,18)(H,17,20). The highest BCUT2D eigenvalue weighted by molar-refractivity contribution is 5.98. The lowest BCUT2D eigenvalue weighted by molar-refractivity contribution is -0.119. The van der Waals surface area contributed by atoms with Crippen LogP contribution in [0, 0.1) is 0 Å². The van der Waals surface area contributed by atoms with Gasteiger partial charge in [-0.25, -0.2) is 0 Å². The number of benzene rings is 1. The number of amides is 2. The van der Waals surface area contributed by atoms with Crippen LogP contribution in [0.5, 0.6) is 0 Å². The number of hydrogen-bond acceptors (Lipinski definition) is 5. The molecule has 0 unspecified atom stereocenters. The first-order valence-corrected chi connectivity index (χ1v) is 6.54. The maximum absolute atomic E-state index is 12.3. The summed E-state index contributed by atoms with van der Waals surface area (Å²) in [4.78, 5) is 35.3. The molecule has 0 atom stereocenters. The molecule has 0 fully saturated rings. The molecule has 112 valence electrons. The summed E-state index contributed by atoms with van der Waals surface area (Å²) < 4.78 is 10.8. The summed E-state index contributed by atoms with van der Waals surface area (Å²) in [5, 5.41) is 5.35. The van der Waals surface area contributed by atoms with Gasteiger partial charge in [0.05, 0.1) is 11.9 Å².